The van der Waals surface area contributed by atoms with Crippen molar-refractivity contribution in [1.82, 2.24) is 16.0 Å². The second-order valence-corrected chi connectivity index (χ2v) is 3.89. The normalized spacial score (nSPS) is 20.6. The number of ether oxygens (including phenoxy) is 1. The molecule has 0 radical (unpaired) electrons. The number of amides is 2. The van der Waals surface area contributed by atoms with E-state index in [1.54, 1.807) is 0 Å². The Morgan fingerprint density at radius 3 is 2.76 bits per heavy atom. The van der Waals surface area contributed by atoms with Crippen LogP contribution in [0, 0.1) is 0 Å². The van der Waals surface area contributed by atoms with Gasteiger partial charge in [-0.3, -0.25) is 9.59 Å². The Morgan fingerprint density at radius 2 is 2.29 bits per heavy atom. The molecule has 0 aromatic carbocycles. The van der Waals surface area contributed by atoms with Crippen LogP contribution in [0.5, 0.6) is 0 Å². The number of hydrogen-bond acceptors (Lipinski definition) is 5. The molecule has 0 aromatic heterocycles. The summed E-state index contributed by atoms with van der Waals surface area (Å²) < 4.78 is 4.57. The van der Waals surface area contributed by atoms with Crippen molar-refractivity contribution < 1.29 is 19.1 Å². The molecule has 96 valence electrons. The Balaban J connectivity index is 2.40. The summed E-state index contributed by atoms with van der Waals surface area (Å²) in [6.07, 6.45) is 0.383. The van der Waals surface area contributed by atoms with E-state index in [-0.39, 0.29) is 24.4 Å². The van der Waals surface area contributed by atoms with E-state index in [0.717, 1.165) is 0 Å². The molecule has 0 aromatic rings. The predicted molar refractivity (Wildman–Crippen MR) is 59.0 cm³/mol. The van der Waals surface area contributed by atoms with Gasteiger partial charge < -0.3 is 20.7 Å². The summed E-state index contributed by atoms with van der Waals surface area (Å²) in [5.74, 6) is -0.829. The van der Waals surface area contributed by atoms with E-state index in [4.69, 9.17) is 0 Å². The predicted octanol–water partition coefficient (Wildman–Crippen LogP) is -1.86. The quantitative estimate of drug-likeness (QED) is 0.492. The van der Waals surface area contributed by atoms with E-state index < -0.39 is 12.0 Å². The van der Waals surface area contributed by atoms with Crippen molar-refractivity contribution in [2.75, 3.05) is 20.2 Å². The molecule has 7 heteroatoms. The fraction of sp³-hybridized carbons (Fsp3) is 0.700. The Labute approximate surface area is 99.3 Å². The zero-order valence-corrected chi connectivity index (χ0v) is 9.91. The van der Waals surface area contributed by atoms with Crippen LogP contribution < -0.4 is 16.0 Å². The van der Waals surface area contributed by atoms with Crippen LogP contribution in [0.3, 0.4) is 0 Å². The van der Waals surface area contributed by atoms with Crippen molar-refractivity contribution in [2.24, 2.45) is 0 Å². The van der Waals surface area contributed by atoms with Gasteiger partial charge in [0.05, 0.1) is 7.11 Å². The average Bonchev–Trinajstić information content (AvgIpc) is 2.68. The molecule has 1 fully saturated rings. The zero-order chi connectivity index (χ0) is 12.8. The highest BCUT2D eigenvalue weighted by atomic mass is 16.5. The standard InChI is InChI=1S/C10H17N3O4/c1-6(14)13-8(10(16)17-2)5-11-7-3-9(15)12-4-7/h7-8,11H,3-5H2,1-2H3,(H,12,15)(H,13,14). The van der Waals surface area contributed by atoms with Crippen LogP contribution in [-0.4, -0.2) is 50.1 Å². The van der Waals surface area contributed by atoms with Gasteiger partial charge in [0.25, 0.3) is 0 Å². The number of hydrogen-bond donors (Lipinski definition) is 3. The first-order valence-corrected chi connectivity index (χ1v) is 5.38. The molecular weight excluding hydrogens is 226 g/mol. The highest BCUT2D eigenvalue weighted by Crippen LogP contribution is 1.99. The molecule has 1 rings (SSSR count). The summed E-state index contributed by atoms with van der Waals surface area (Å²) in [6, 6.07) is -0.739. The average molecular weight is 243 g/mol. The van der Waals surface area contributed by atoms with E-state index in [1.165, 1.54) is 14.0 Å². The lowest BCUT2D eigenvalue weighted by atomic mass is 10.2. The van der Waals surface area contributed by atoms with Gasteiger partial charge in [0.2, 0.25) is 11.8 Å². The lowest BCUT2D eigenvalue weighted by Crippen LogP contribution is -2.49. The molecule has 3 N–H and O–H groups in total. The van der Waals surface area contributed by atoms with E-state index >= 15 is 0 Å². The fourth-order valence-corrected chi connectivity index (χ4v) is 1.61. The molecule has 0 bridgehead atoms. The van der Waals surface area contributed by atoms with E-state index in [9.17, 15) is 14.4 Å². The van der Waals surface area contributed by atoms with Crippen molar-refractivity contribution in [3.8, 4) is 0 Å². The fourth-order valence-electron chi connectivity index (χ4n) is 1.61. The van der Waals surface area contributed by atoms with Crippen LogP contribution in [0.1, 0.15) is 13.3 Å². The van der Waals surface area contributed by atoms with Crippen molar-refractivity contribution in [3.63, 3.8) is 0 Å². The lowest BCUT2D eigenvalue weighted by Gasteiger charge is -2.18. The minimum atomic E-state index is -0.729. The highest BCUT2D eigenvalue weighted by molar-refractivity contribution is 5.83. The maximum absolute atomic E-state index is 11.4. The van der Waals surface area contributed by atoms with Crippen LogP contribution in [0.2, 0.25) is 0 Å². The van der Waals surface area contributed by atoms with Crippen molar-refractivity contribution >= 4 is 17.8 Å². The molecule has 0 spiro atoms. The third kappa shape index (κ3) is 4.39. The van der Waals surface area contributed by atoms with Gasteiger partial charge in [0, 0.05) is 32.5 Å². The molecule has 0 saturated carbocycles. The summed E-state index contributed by atoms with van der Waals surface area (Å²) in [5, 5.41) is 8.19. The monoisotopic (exact) mass is 243 g/mol. The highest BCUT2D eigenvalue weighted by Gasteiger charge is 2.25. The number of carbonyl (C=O) groups is 3. The second kappa shape index (κ2) is 6.19. The molecule has 0 aliphatic carbocycles. The Bertz CT molecular complexity index is 319. The van der Waals surface area contributed by atoms with Gasteiger partial charge >= 0.3 is 5.97 Å². The molecule has 1 heterocycles. The largest absolute Gasteiger partial charge is 0.467 e. The minimum absolute atomic E-state index is 0.0107. The third-order valence-corrected chi connectivity index (χ3v) is 2.45. The Morgan fingerprint density at radius 1 is 1.59 bits per heavy atom. The van der Waals surface area contributed by atoms with Gasteiger partial charge in [-0.15, -0.1) is 0 Å². The van der Waals surface area contributed by atoms with Crippen molar-refractivity contribution in [1.29, 1.82) is 0 Å². The summed E-state index contributed by atoms with van der Waals surface area (Å²) in [4.78, 5) is 33.2. The minimum Gasteiger partial charge on any atom is -0.467 e. The smallest absolute Gasteiger partial charge is 0.329 e. The summed E-state index contributed by atoms with van der Waals surface area (Å²) in [7, 11) is 1.26. The van der Waals surface area contributed by atoms with Gasteiger partial charge in [0.1, 0.15) is 6.04 Å². The number of carbonyl (C=O) groups excluding carboxylic acids is 3. The van der Waals surface area contributed by atoms with Gasteiger partial charge in [0.15, 0.2) is 0 Å². The Hall–Kier alpha value is -1.63. The van der Waals surface area contributed by atoms with Crippen LogP contribution in [0.25, 0.3) is 0 Å². The van der Waals surface area contributed by atoms with Crippen LogP contribution >= 0.6 is 0 Å². The third-order valence-electron chi connectivity index (χ3n) is 2.45. The first kappa shape index (κ1) is 13.4. The van der Waals surface area contributed by atoms with Crippen molar-refractivity contribution in [3.05, 3.63) is 0 Å². The first-order chi connectivity index (χ1) is 8.02. The molecule has 7 nitrogen and oxygen atoms in total. The van der Waals surface area contributed by atoms with Crippen LogP contribution in [-0.2, 0) is 19.1 Å². The van der Waals surface area contributed by atoms with Gasteiger partial charge in [-0.25, -0.2) is 4.79 Å². The molecule has 1 aliphatic rings. The van der Waals surface area contributed by atoms with Gasteiger partial charge in [-0.2, -0.15) is 0 Å². The molecule has 1 saturated heterocycles. The summed E-state index contributed by atoms with van der Waals surface area (Å²) in [6.45, 7) is 2.11. The van der Waals surface area contributed by atoms with Gasteiger partial charge in [-0.05, 0) is 0 Å². The van der Waals surface area contributed by atoms with Gasteiger partial charge in [-0.1, -0.05) is 0 Å². The SMILES string of the molecule is COC(=O)C(CNC1CNC(=O)C1)NC(C)=O. The number of methoxy groups -OCH3 is 1. The van der Waals surface area contributed by atoms with E-state index in [1.807, 2.05) is 0 Å². The molecule has 2 amide bonds. The Kier molecular flexibility index (Phi) is 4.89. The molecule has 17 heavy (non-hydrogen) atoms. The number of nitrogens with one attached hydrogen (secondary N) is 3. The summed E-state index contributed by atoms with van der Waals surface area (Å²) in [5.41, 5.74) is 0. The number of rotatable bonds is 5. The molecule has 2 atom stereocenters. The first-order valence-electron chi connectivity index (χ1n) is 5.38. The van der Waals surface area contributed by atoms with E-state index in [0.29, 0.717) is 13.0 Å². The second-order valence-electron chi connectivity index (χ2n) is 3.89. The van der Waals surface area contributed by atoms with Crippen molar-refractivity contribution in [2.45, 2.75) is 25.4 Å². The lowest BCUT2D eigenvalue weighted by molar-refractivity contribution is -0.144. The maximum Gasteiger partial charge on any atom is 0.329 e. The van der Waals surface area contributed by atoms with Crippen LogP contribution in [0.4, 0.5) is 0 Å². The topological polar surface area (TPSA) is 96.5 Å². The number of esters is 1. The molecular formula is C10H17N3O4. The molecule has 1 aliphatic heterocycles. The van der Waals surface area contributed by atoms with E-state index in [2.05, 4.69) is 20.7 Å². The maximum atomic E-state index is 11.4. The zero-order valence-electron chi connectivity index (χ0n) is 9.91. The van der Waals surface area contributed by atoms with Crippen LogP contribution in [0.15, 0.2) is 0 Å². The molecule has 2 unspecified atom stereocenters. The summed E-state index contributed by atoms with van der Waals surface area (Å²) >= 11 is 0.